The van der Waals surface area contributed by atoms with Crippen LogP contribution >= 0.6 is 11.6 Å². The number of methoxy groups -OCH3 is 1. The molecule has 32 heavy (non-hydrogen) atoms. The lowest BCUT2D eigenvalue weighted by atomic mass is 10.00. The van der Waals surface area contributed by atoms with Gasteiger partial charge in [0.25, 0.3) is 0 Å². The van der Waals surface area contributed by atoms with Crippen molar-refractivity contribution >= 4 is 34.9 Å². The standard InChI is InChI=1S/C25H22ClNO5/c1-31-21-13-11-20(12-14-21)27-22(28)15-16-23(29)32-25(18-7-9-19(26)10-8-18)24(30)17-5-3-2-4-6-17/h2-14,25H,15-16H2,1H3,(H,27,28)/t25-/m0/s1. The van der Waals surface area contributed by atoms with E-state index in [1.807, 2.05) is 0 Å². The Labute approximate surface area is 191 Å². The Morgan fingerprint density at radius 3 is 2.16 bits per heavy atom. The average Bonchev–Trinajstić information content (AvgIpc) is 2.82. The van der Waals surface area contributed by atoms with E-state index < -0.39 is 12.1 Å². The summed E-state index contributed by atoms with van der Waals surface area (Å²) in [6.45, 7) is 0. The van der Waals surface area contributed by atoms with E-state index in [0.717, 1.165) is 0 Å². The van der Waals surface area contributed by atoms with Crippen molar-refractivity contribution in [3.63, 3.8) is 0 Å². The van der Waals surface area contributed by atoms with Gasteiger partial charge in [-0.05, 0) is 36.4 Å². The van der Waals surface area contributed by atoms with Crippen LogP contribution in [0.25, 0.3) is 0 Å². The Morgan fingerprint density at radius 2 is 1.53 bits per heavy atom. The average molecular weight is 452 g/mol. The summed E-state index contributed by atoms with van der Waals surface area (Å²) in [6.07, 6.45) is -1.39. The highest BCUT2D eigenvalue weighted by Crippen LogP contribution is 2.25. The van der Waals surface area contributed by atoms with Gasteiger partial charge in [0.1, 0.15) is 5.75 Å². The molecule has 0 unspecified atom stereocenters. The van der Waals surface area contributed by atoms with Gasteiger partial charge in [0, 0.05) is 28.3 Å². The maximum atomic E-state index is 13.0. The molecule has 0 heterocycles. The number of Topliss-reactive ketones (excluding diaryl/α,β-unsaturated/α-hetero) is 1. The largest absolute Gasteiger partial charge is 0.497 e. The van der Waals surface area contributed by atoms with Crippen molar-refractivity contribution in [3.8, 4) is 5.75 Å². The lowest BCUT2D eigenvalue weighted by Gasteiger charge is -2.17. The van der Waals surface area contributed by atoms with E-state index in [1.54, 1.807) is 86.0 Å². The first-order chi connectivity index (χ1) is 15.5. The van der Waals surface area contributed by atoms with Crippen molar-refractivity contribution in [2.75, 3.05) is 12.4 Å². The number of ether oxygens (including phenoxy) is 2. The molecule has 0 aliphatic carbocycles. The minimum absolute atomic E-state index is 0.0856. The van der Waals surface area contributed by atoms with Crippen LogP contribution < -0.4 is 10.1 Å². The van der Waals surface area contributed by atoms with E-state index in [4.69, 9.17) is 21.1 Å². The first-order valence-corrected chi connectivity index (χ1v) is 10.3. The monoisotopic (exact) mass is 451 g/mol. The van der Waals surface area contributed by atoms with Gasteiger partial charge in [-0.2, -0.15) is 0 Å². The Kier molecular flexibility index (Phi) is 8.00. The van der Waals surface area contributed by atoms with Gasteiger partial charge < -0.3 is 14.8 Å². The molecule has 1 N–H and O–H groups in total. The molecule has 0 saturated carbocycles. The maximum Gasteiger partial charge on any atom is 0.307 e. The van der Waals surface area contributed by atoms with Crippen molar-refractivity contribution < 1.29 is 23.9 Å². The molecule has 6 nitrogen and oxygen atoms in total. The van der Waals surface area contributed by atoms with Crippen molar-refractivity contribution in [1.82, 2.24) is 0 Å². The summed E-state index contributed by atoms with van der Waals surface area (Å²) in [5.41, 5.74) is 1.50. The zero-order valence-electron chi connectivity index (χ0n) is 17.4. The van der Waals surface area contributed by atoms with Gasteiger partial charge in [-0.3, -0.25) is 14.4 Å². The number of benzene rings is 3. The molecular formula is C25H22ClNO5. The molecule has 0 bridgehead atoms. The number of carbonyl (C=O) groups is 3. The molecule has 3 rings (SSSR count). The zero-order chi connectivity index (χ0) is 22.9. The van der Waals surface area contributed by atoms with E-state index in [1.165, 1.54) is 0 Å². The van der Waals surface area contributed by atoms with E-state index in [9.17, 15) is 14.4 Å². The van der Waals surface area contributed by atoms with E-state index in [2.05, 4.69) is 5.32 Å². The fraction of sp³-hybridized carbons (Fsp3) is 0.160. The molecule has 0 radical (unpaired) electrons. The first-order valence-electron chi connectivity index (χ1n) is 9.94. The minimum Gasteiger partial charge on any atom is -0.497 e. The summed E-state index contributed by atoms with van der Waals surface area (Å²) < 4.78 is 10.6. The SMILES string of the molecule is COc1ccc(NC(=O)CCC(=O)O[C@H](C(=O)c2ccccc2)c2ccc(Cl)cc2)cc1. The predicted molar refractivity (Wildman–Crippen MR) is 122 cm³/mol. The minimum atomic E-state index is -1.13. The third kappa shape index (κ3) is 6.43. The van der Waals surface area contributed by atoms with E-state index in [-0.39, 0.29) is 24.5 Å². The van der Waals surface area contributed by atoms with Gasteiger partial charge in [-0.15, -0.1) is 0 Å². The summed E-state index contributed by atoms with van der Waals surface area (Å²) >= 11 is 5.94. The molecule has 3 aromatic rings. The van der Waals surface area contributed by atoms with Crippen molar-refractivity contribution in [2.45, 2.75) is 18.9 Å². The lowest BCUT2D eigenvalue weighted by Crippen LogP contribution is -2.21. The Bertz CT molecular complexity index is 1070. The van der Waals surface area contributed by atoms with E-state index >= 15 is 0 Å². The Balaban J connectivity index is 1.63. The molecule has 0 aliphatic rings. The quantitative estimate of drug-likeness (QED) is 0.355. The number of esters is 1. The third-order valence-electron chi connectivity index (χ3n) is 4.65. The van der Waals surface area contributed by atoms with Gasteiger partial charge in [-0.1, -0.05) is 54.1 Å². The van der Waals surface area contributed by atoms with Crippen LogP contribution in [0, 0.1) is 0 Å². The summed E-state index contributed by atoms with van der Waals surface area (Å²) in [4.78, 5) is 37.7. The van der Waals surface area contributed by atoms with Gasteiger partial charge in [-0.25, -0.2) is 0 Å². The second kappa shape index (κ2) is 11.1. The number of halogens is 1. The van der Waals surface area contributed by atoms with Crippen molar-refractivity contribution in [1.29, 1.82) is 0 Å². The summed E-state index contributed by atoms with van der Waals surface area (Å²) in [5, 5.41) is 3.21. The molecule has 3 aromatic carbocycles. The highest BCUT2D eigenvalue weighted by Gasteiger charge is 2.26. The van der Waals surface area contributed by atoms with Crippen LogP contribution in [0.2, 0.25) is 5.02 Å². The van der Waals surface area contributed by atoms with Gasteiger partial charge in [0.15, 0.2) is 6.10 Å². The predicted octanol–water partition coefficient (Wildman–Crippen LogP) is 5.23. The molecular weight excluding hydrogens is 430 g/mol. The molecule has 0 fully saturated rings. The third-order valence-corrected chi connectivity index (χ3v) is 4.90. The number of nitrogens with one attached hydrogen (secondary N) is 1. The number of amides is 1. The molecule has 1 amide bonds. The molecule has 0 aromatic heterocycles. The number of ketones is 1. The smallest absolute Gasteiger partial charge is 0.307 e. The summed E-state index contributed by atoms with van der Waals surface area (Å²) in [6, 6.07) is 21.9. The maximum absolute atomic E-state index is 13.0. The number of anilines is 1. The van der Waals surface area contributed by atoms with Crippen LogP contribution in [0.3, 0.4) is 0 Å². The molecule has 7 heteroatoms. The number of hydrogen-bond acceptors (Lipinski definition) is 5. The fourth-order valence-electron chi connectivity index (χ4n) is 2.97. The number of rotatable bonds is 9. The Morgan fingerprint density at radius 1 is 0.875 bits per heavy atom. The normalized spacial score (nSPS) is 11.3. The number of hydrogen-bond donors (Lipinski definition) is 1. The lowest BCUT2D eigenvalue weighted by molar-refractivity contribution is -0.148. The second-order valence-corrected chi connectivity index (χ2v) is 7.36. The highest BCUT2D eigenvalue weighted by atomic mass is 35.5. The Hall–Kier alpha value is -3.64. The molecule has 164 valence electrons. The van der Waals surface area contributed by atoms with Gasteiger partial charge in [0.2, 0.25) is 11.7 Å². The zero-order valence-corrected chi connectivity index (χ0v) is 18.2. The second-order valence-electron chi connectivity index (χ2n) is 6.93. The van der Waals surface area contributed by atoms with Gasteiger partial charge in [0.05, 0.1) is 13.5 Å². The van der Waals surface area contributed by atoms with Crippen molar-refractivity contribution in [2.24, 2.45) is 0 Å². The first kappa shape index (κ1) is 23.0. The molecule has 0 saturated heterocycles. The van der Waals surface area contributed by atoms with Gasteiger partial charge >= 0.3 is 5.97 Å². The van der Waals surface area contributed by atoms with Crippen LogP contribution in [0.5, 0.6) is 5.75 Å². The van der Waals surface area contributed by atoms with Crippen LogP contribution in [0.15, 0.2) is 78.9 Å². The highest BCUT2D eigenvalue weighted by molar-refractivity contribution is 6.30. The molecule has 1 atom stereocenters. The fourth-order valence-corrected chi connectivity index (χ4v) is 3.09. The molecule has 0 spiro atoms. The van der Waals surface area contributed by atoms with Crippen LogP contribution in [0.1, 0.15) is 34.9 Å². The summed E-state index contributed by atoms with van der Waals surface area (Å²) in [5.74, 6) is -0.685. The van der Waals surface area contributed by atoms with Crippen LogP contribution in [-0.4, -0.2) is 24.8 Å². The molecule has 0 aliphatic heterocycles. The van der Waals surface area contributed by atoms with Crippen LogP contribution in [-0.2, 0) is 14.3 Å². The van der Waals surface area contributed by atoms with E-state index in [0.29, 0.717) is 27.6 Å². The number of carbonyl (C=O) groups excluding carboxylic acids is 3. The summed E-state index contributed by atoms with van der Waals surface area (Å²) in [7, 11) is 1.55. The van der Waals surface area contributed by atoms with Crippen molar-refractivity contribution in [3.05, 3.63) is 95.0 Å². The van der Waals surface area contributed by atoms with Crippen LogP contribution in [0.4, 0.5) is 5.69 Å². The topological polar surface area (TPSA) is 81.7 Å².